The minimum atomic E-state index is 0.180. The molecule has 1 aromatic heterocycles. The maximum Gasteiger partial charge on any atom is 0.164 e. The van der Waals surface area contributed by atoms with Crippen LogP contribution in [0.4, 0.5) is 17.1 Å². The molecular weight excluding hydrogens is 574 g/mol. The Hall–Kier alpha value is -6.07. The smallest absolute Gasteiger partial charge is 0.164 e. The average Bonchev–Trinajstić information content (AvgIpc) is 3.54. The number of fused-ring (bicyclic) bond motifs is 1. The van der Waals surface area contributed by atoms with Crippen molar-refractivity contribution in [2.24, 2.45) is 0 Å². The van der Waals surface area contributed by atoms with Crippen LogP contribution in [0.3, 0.4) is 0 Å². The lowest BCUT2D eigenvalue weighted by Gasteiger charge is -2.28. The van der Waals surface area contributed by atoms with Gasteiger partial charge in [0, 0.05) is 22.3 Å². The quantitative estimate of drug-likeness (QED) is 0.195. The zero-order chi connectivity index (χ0) is 31.6. The fourth-order valence-electron chi connectivity index (χ4n) is 6.44. The van der Waals surface area contributed by atoms with Gasteiger partial charge in [0.25, 0.3) is 0 Å². The van der Waals surface area contributed by atoms with E-state index in [1.54, 1.807) is 0 Å². The lowest BCUT2D eigenvalue weighted by molar-refractivity contribution is 0.729. The van der Waals surface area contributed by atoms with Gasteiger partial charge in [0.05, 0.1) is 17.1 Å². The van der Waals surface area contributed by atoms with E-state index >= 15 is 0 Å². The first-order valence-corrected chi connectivity index (χ1v) is 16.1. The molecule has 1 unspecified atom stereocenters. The largest absolute Gasteiger partial charge is 0.363 e. The van der Waals surface area contributed by atoms with Crippen LogP contribution in [0.5, 0.6) is 0 Å². The van der Waals surface area contributed by atoms with Crippen LogP contribution in [0, 0.1) is 0 Å². The zero-order valence-corrected chi connectivity index (χ0v) is 26.1. The minimum Gasteiger partial charge on any atom is -0.363 e. The first-order valence-electron chi connectivity index (χ1n) is 16.1. The number of para-hydroxylation sites is 3. The molecule has 0 saturated carbocycles. The summed E-state index contributed by atoms with van der Waals surface area (Å²) in [6.07, 6.45) is 1.15. The molecule has 6 aromatic carbocycles. The molecule has 0 bridgehead atoms. The van der Waals surface area contributed by atoms with Crippen molar-refractivity contribution in [2.75, 3.05) is 10.2 Å². The van der Waals surface area contributed by atoms with Gasteiger partial charge in [-0.05, 0) is 47.4 Å². The Morgan fingerprint density at radius 1 is 0.468 bits per heavy atom. The van der Waals surface area contributed by atoms with Crippen molar-refractivity contribution in [3.63, 3.8) is 0 Å². The fraction of sp³-hybridized carbons (Fsp3) is 0.0714. The van der Waals surface area contributed by atoms with E-state index in [4.69, 9.17) is 15.0 Å². The summed E-state index contributed by atoms with van der Waals surface area (Å²) in [6, 6.07) is 54.7. The molecule has 226 valence electrons. The SMILES string of the molecule is CCC1Nc2ccccc2N1c1ccccc1-c1cccc(-c2ccccc2-c2nc(-c3ccccc3)nc(-c3ccccc3)n2)c1. The first kappa shape index (κ1) is 28.4. The normalized spacial score (nSPS) is 13.6. The standard InChI is InChI=1S/C42H33N5/c1-2-39-43-36-25-12-14-27-38(36)47(39)37-26-13-11-23-34(37)32-21-15-20-31(28-32)33-22-9-10-24-35(33)42-45-40(29-16-5-3-6-17-29)44-41(46-42)30-18-7-4-8-19-30/h3-28,39,43H,2H2,1H3. The highest BCUT2D eigenvalue weighted by Gasteiger charge is 2.30. The molecule has 0 radical (unpaired) electrons. The van der Waals surface area contributed by atoms with Gasteiger partial charge in [0.1, 0.15) is 6.17 Å². The third-order valence-electron chi connectivity index (χ3n) is 8.70. The van der Waals surface area contributed by atoms with Crippen molar-refractivity contribution in [1.29, 1.82) is 0 Å². The van der Waals surface area contributed by atoms with Crippen LogP contribution in [-0.4, -0.2) is 21.1 Å². The molecular formula is C42H33N5. The predicted octanol–water partition coefficient (Wildman–Crippen LogP) is 10.5. The monoisotopic (exact) mass is 607 g/mol. The lowest BCUT2D eigenvalue weighted by atomic mass is 9.94. The van der Waals surface area contributed by atoms with Crippen molar-refractivity contribution >= 4 is 17.1 Å². The fourth-order valence-corrected chi connectivity index (χ4v) is 6.44. The van der Waals surface area contributed by atoms with E-state index in [1.165, 1.54) is 22.6 Å². The molecule has 5 heteroatoms. The lowest BCUT2D eigenvalue weighted by Crippen LogP contribution is -2.31. The van der Waals surface area contributed by atoms with E-state index in [1.807, 2.05) is 60.7 Å². The van der Waals surface area contributed by atoms with Crippen molar-refractivity contribution in [2.45, 2.75) is 19.5 Å². The summed E-state index contributed by atoms with van der Waals surface area (Å²) in [7, 11) is 0. The Bertz CT molecular complexity index is 2120. The summed E-state index contributed by atoms with van der Waals surface area (Å²) in [5, 5.41) is 3.71. The third kappa shape index (κ3) is 5.42. The molecule has 7 aromatic rings. The van der Waals surface area contributed by atoms with Crippen LogP contribution in [-0.2, 0) is 0 Å². The summed E-state index contributed by atoms with van der Waals surface area (Å²) < 4.78 is 0. The van der Waals surface area contributed by atoms with Crippen molar-refractivity contribution in [3.8, 4) is 56.4 Å². The van der Waals surface area contributed by atoms with Crippen molar-refractivity contribution in [1.82, 2.24) is 15.0 Å². The van der Waals surface area contributed by atoms with Gasteiger partial charge in [-0.15, -0.1) is 0 Å². The number of rotatable bonds is 7. The van der Waals surface area contributed by atoms with Crippen LogP contribution in [0.15, 0.2) is 158 Å². The summed E-state index contributed by atoms with van der Waals surface area (Å²) in [4.78, 5) is 17.4. The summed E-state index contributed by atoms with van der Waals surface area (Å²) in [5.74, 6) is 1.94. The molecule has 1 aliphatic heterocycles. The Labute approximate surface area is 275 Å². The van der Waals surface area contributed by atoms with Gasteiger partial charge in [-0.1, -0.05) is 140 Å². The molecule has 0 aliphatic carbocycles. The molecule has 2 heterocycles. The number of nitrogens with one attached hydrogen (secondary N) is 1. The van der Waals surface area contributed by atoms with Gasteiger partial charge in [0.2, 0.25) is 0 Å². The molecule has 1 N–H and O–H groups in total. The highest BCUT2D eigenvalue weighted by molar-refractivity contribution is 5.91. The molecule has 5 nitrogen and oxygen atoms in total. The van der Waals surface area contributed by atoms with E-state index in [-0.39, 0.29) is 6.17 Å². The summed E-state index contributed by atoms with van der Waals surface area (Å²) >= 11 is 0. The topological polar surface area (TPSA) is 53.9 Å². The van der Waals surface area contributed by atoms with Crippen LogP contribution < -0.4 is 10.2 Å². The Morgan fingerprint density at radius 2 is 0.957 bits per heavy atom. The first-order chi connectivity index (χ1) is 23.3. The van der Waals surface area contributed by atoms with Crippen LogP contribution in [0.25, 0.3) is 56.4 Å². The predicted molar refractivity (Wildman–Crippen MR) is 193 cm³/mol. The zero-order valence-electron chi connectivity index (χ0n) is 26.1. The average molecular weight is 608 g/mol. The number of hydrogen-bond donors (Lipinski definition) is 1. The van der Waals surface area contributed by atoms with Gasteiger partial charge >= 0.3 is 0 Å². The second-order valence-corrected chi connectivity index (χ2v) is 11.6. The second kappa shape index (κ2) is 12.4. The molecule has 0 fully saturated rings. The van der Waals surface area contributed by atoms with Gasteiger partial charge in [0.15, 0.2) is 17.5 Å². The Balaban J connectivity index is 1.25. The maximum absolute atomic E-state index is 5.04. The summed E-state index contributed by atoms with van der Waals surface area (Å²) in [5.41, 5.74) is 10.9. The van der Waals surface area contributed by atoms with Crippen molar-refractivity contribution < 1.29 is 0 Å². The van der Waals surface area contributed by atoms with Crippen LogP contribution >= 0.6 is 0 Å². The van der Waals surface area contributed by atoms with E-state index in [9.17, 15) is 0 Å². The van der Waals surface area contributed by atoms with Gasteiger partial charge in [-0.2, -0.15) is 0 Å². The molecule has 0 spiro atoms. The second-order valence-electron chi connectivity index (χ2n) is 11.6. The highest BCUT2D eigenvalue weighted by Crippen LogP contribution is 2.45. The number of anilines is 3. The van der Waals surface area contributed by atoms with Crippen LogP contribution in [0.2, 0.25) is 0 Å². The summed E-state index contributed by atoms with van der Waals surface area (Å²) in [6.45, 7) is 2.23. The molecule has 47 heavy (non-hydrogen) atoms. The van der Waals surface area contributed by atoms with E-state index < -0.39 is 0 Å². The number of nitrogens with zero attached hydrogens (tertiary/aromatic N) is 4. The highest BCUT2D eigenvalue weighted by atomic mass is 15.3. The van der Waals surface area contributed by atoms with Gasteiger partial charge < -0.3 is 10.2 Å². The van der Waals surface area contributed by atoms with Crippen LogP contribution in [0.1, 0.15) is 13.3 Å². The minimum absolute atomic E-state index is 0.180. The molecule has 0 amide bonds. The number of benzene rings is 6. The molecule has 8 rings (SSSR count). The molecule has 0 saturated heterocycles. The van der Waals surface area contributed by atoms with E-state index in [0.29, 0.717) is 17.5 Å². The third-order valence-corrected chi connectivity index (χ3v) is 8.70. The van der Waals surface area contributed by atoms with Gasteiger partial charge in [-0.25, -0.2) is 15.0 Å². The molecule has 1 atom stereocenters. The molecule has 1 aliphatic rings. The van der Waals surface area contributed by atoms with Gasteiger partial charge in [-0.3, -0.25) is 0 Å². The van der Waals surface area contributed by atoms with E-state index in [0.717, 1.165) is 39.8 Å². The number of hydrogen-bond acceptors (Lipinski definition) is 5. The Kier molecular flexibility index (Phi) is 7.48. The van der Waals surface area contributed by atoms with E-state index in [2.05, 4.69) is 114 Å². The maximum atomic E-state index is 5.04. The number of aromatic nitrogens is 3. The van der Waals surface area contributed by atoms with Crippen molar-refractivity contribution in [3.05, 3.63) is 158 Å². The Morgan fingerprint density at radius 3 is 1.62 bits per heavy atom.